The lowest BCUT2D eigenvalue weighted by molar-refractivity contribution is -0.139. The lowest BCUT2D eigenvalue weighted by atomic mass is 9.98. The monoisotopic (exact) mass is 379 g/mol. The van der Waals surface area contributed by atoms with E-state index in [0.29, 0.717) is 0 Å². The fraction of sp³-hybridized carbons (Fsp3) is 0.211. The number of tetrazole rings is 1. The van der Waals surface area contributed by atoms with Crippen LogP contribution in [0.2, 0.25) is 0 Å². The highest BCUT2D eigenvalue weighted by molar-refractivity contribution is 5.81. The Morgan fingerprint density at radius 2 is 1.75 bits per heavy atom. The zero-order valence-electron chi connectivity index (χ0n) is 14.7. The van der Waals surface area contributed by atoms with Crippen molar-refractivity contribution in [1.82, 2.24) is 25.9 Å². The van der Waals surface area contributed by atoms with Gasteiger partial charge in [0.05, 0.1) is 0 Å². The van der Waals surface area contributed by atoms with Crippen LogP contribution in [0.25, 0.3) is 11.1 Å². The number of amides is 1. The van der Waals surface area contributed by atoms with Crippen molar-refractivity contribution in [3.63, 3.8) is 0 Å². The zero-order chi connectivity index (χ0) is 19.5. The molecule has 1 aliphatic carbocycles. The summed E-state index contributed by atoms with van der Waals surface area (Å²) in [7, 11) is 0. The summed E-state index contributed by atoms with van der Waals surface area (Å²) in [5.41, 5.74) is 4.40. The summed E-state index contributed by atoms with van der Waals surface area (Å²) in [6.45, 7) is 0.106. The summed E-state index contributed by atoms with van der Waals surface area (Å²) >= 11 is 0. The minimum absolute atomic E-state index is 0.0985. The van der Waals surface area contributed by atoms with Crippen molar-refractivity contribution in [2.24, 2.45) is 0 Å². The van der Waals surface area contributed by atoms with Gasteiger partial charge in [0.2, 0.25) is 0 Å². The van der Waals surface area contributed by atoms with E-state index in [1.807, 2.05) is 48.5 Å². The van der Waals surface area contributed by atoms with Crippen LogP contribution in [-0.2, 0) is 16.0 Å². The number of nitrogens with one attached hydrogen (secondary N) is 2. The molecular weight excluding hydrogens is 362 g/mol. The van der Waals surface area contributed by atoms with Crippen LogP contribution in [0.4, 0.5) is 4.79 Å². The Labute approximate surface area is 159 Å². The molecule has 9 nitrogen and oxygen atoms in total. The van der Waals surface area contributed by atoms with Gasteiger partial charge < -0.3 is 15.2 Å². The Balaban J connectivity index is 1.44. The second-order valence-corrected chi connectivity index (χ2v) is 6.39. The van der Waals surface area contributed by atoms with E-state index in [9.17, 15) is 14.7 Å². The van der Waals surface area contributed by atoms with Crippen LogP contribution in [-0.4, -0.2) is 50.4 Å². The average Bonchev–Trinajstić information content (AvgIpc) is 3.32. The van der Waals surface area contributed by atoms with Gasteiger partial charge in [0.1, 0.15) is 12.6 Å². The highest BCUT2D eigenvalue weighted by Gasteiger charge is 2.30. The number of ether oxygens (including phenoxy) is 1. The van der Waals surface area contributed by atoms with E-state index in [-0.39, 0.29) is 24.8 Å². The molecule has 1 amide bonds. The van der Waals surface area contributed by atoms with Crippen LogP contribution in [0.5, 0.6) is 0 Å². The number of carbonyl (C=O) groups excluding carboxylic acids is 1. The molecule has 0 saturated heterocycles. The number of aliphatic carboxylic acids is 1. The number of carbonyl (C=O) groups is 2. The fourth-order valence-corrected chi connectivity index (χ4v) is 3.43. The van der Waals surface area contributed by atoms with Crippen LogP contribution in [0, 0.1) is 0 Å². The number of nitrogens with zero attached hydrogens (tertiary/aromatic N) is 3. The van der Waals surface area contributed by atoms with Gasteiger partial charge in [-0.25, -0.2) is 9.59 Å². The third-order valence-electron chi connectivity index (χ3n) is 4.71. The molecule has 142 valence electrons. The van der Waals surface area contributed by atoms with Crippen molar-refractivity contribution in [2.45, 2.75) is 18.4 Å². The number of alkyl carbamates (subject to hydrolysis) is 1. The van der Waals surface area contributed by atoms with Gasteiger partial charge in [0.15, 0.2) is 5.82 Å². The molecule has 1 atom stereocenters. The largest absolute Gasteiger partial charge is 0.480 e. The Kier molecular flexibility index (Phi) is 4.71. The second kappa shape index (κ2) is 7.47. The molecule has 1 aliphatic rings. The van der Waals surface area contributed by atoms with Crippen LogP contribution >= 0.6 is 0 Å². The number of rotatable bonds is 6. The van der Waals surface area contributed by atoms with Gasteiger partial charge in [-0.05, 0) is 22.3 Å². The normalized spacial score (nSPS) is 13.4. The molecule has 9 heteroatoms. The molecule has 3 aromatic rings. The van der Waals surface area contributed by atoms with Crippen LogP contribution in [0.1, 0.15) is 22.9 Å². The minimum Gasteiger partial charge on any atom is -0.480 e. The van der Waals surface area contributed by atoms with E-state index in [0.717, 1.165) is 22.3 Å². The van der Waals surface area contributed by atoms with Gasteiger partial charge >= 0.3 is 12.1 Å². The molecule has 4 rings (SSSR count). The molecule has 3 N–H and O–H groups in total. The first kappa shape index (κ1) is 17.7. The quantitative estimate of drug-likeness (QED) is 0.594. The summed E-state index contributed by atoms with van der Waals surface area (Å²) < 4.78 is 5.36. The summed E-state index contributed by atoms with van der Waals surface area (Å²) in [6, 6.07) is 14.7. The van der Waals surface area contributed by atoms with E-state index in [4.69, 9.17) is 4.74 Å². The molecule has 0 spiro atoms. The van der Waals surface area contributed by atoms with E-state index >= 15 is 0 Å². The smallest absolute Gasteiger partial charge is 0.407 e. The van der Waals surface area contributed by atoms with Crippen LogP contribution in [0.15, 0.2) is 48.5 Å². The molecule has 0 radical (unpaired) electrons. The van der Waals surface area contributed by atoms with Crippen molar-refractivity contribution in [3.05, 3.63) is 65.5 Å². The van der Waals surface area contributed by atoms with Crippen molar-refractivity contribution in [1.29, 1.82) is 0 Å². The van der Waals surface area contributed by atoms with Gasteiger partial charge in [-0.2, -0.15) is 5.21 Å². The first-order valence-electron chi connectivity index (χ1n) is 8.70. The third kappa shape index (κ3) is 3.41. The molecule has 0 unspecified atom stereocenters. The number of aromatic nitrogens is 4. The maximum absolute atomic E-state index is 12.2. The molecule has 0 bridgehead atoms. The average molecular weight is 379 g/mol. The Hall–Kier alpha value is -3.75. The van der Waals surface area contributed by atoms with Gasteiger partial charge in [-0.3, -0.25) is 0 Å². The SMILES string of the molecule is O=C(N[C@H](Cc1nn[nH]n1)C(=O)O)OCC1c2ccccc2-c2ccccc21. The topological polar surface area (TPSA) is 130 Å². The van der Waals surface area contributed by atoms with Gasteiger partial charge in [0, 0.05) is 12.3 Å². The summed E-state index contributed by atoms with van der Waals surface area (Å²) in [5, 5.41) is 24.7. The number of aromatic amines is 1. The highest BCUT2D eigenvalue weighted by Crippen LogP contribution is 2.44. The van der Waals surface area contributed by atoms with Crippen molar-refractivity contribution >= 4 is 12.1 Å². The highest BCUT2D eigenvalue weighted by atomic mass is 16.5. The van der Waals surface area contributed by atoms with Crippen molar-refractivity contribution in [2.75, 3.05) is 6.61 Å². The Morgan fingerprint density at radius 3 is 2.32 bits per heavy atom. The molecule has 0 aliphatic heterocycles. The lowest BCUT2D eigenvalue weighted by Gasteiger charge is -2.16. The Morgan fingerprint density at radius 1 is 1.11 bits per heavy atom. The predicted molar refractivity (Wildman–Crippen MR) is 97.5 cm³/mol. The number of carboxylic acid groups (broad SMARTS) is 1. The first-order chi connectivity index (χ1) is 13.6. The van der Waals surface area contributed by atoms with E-state index in [1.165, 1.54) is 0 Å². The summed E-state index contributed by atoms with van der Waals surface area (Å²) in [5.74, 6) is -1.12. The molecular formula is C19H17N5O4. The number of H-pyrrole nitrogens is 1. The minimum atomic E-state index is -1.21. The van der Waals surface area contributed by atoms with E-state index < -0.39 is 18.1 Å². The van der Waals surface area contributed by atoms with Gasteiger partial charge in [-0.1, -0.05) is 53.7 Å². The third-order valence-corrected chi connectivity index (χ3v) is 4.71. The molecule has 1 heterocycles. The number of benzene rings is 2. The molecule has 1 aromatic heterocycles. The van der Waals surface area contributed by atoms with E-state index in [2.05, 4.69) is 25.9 Å². The maximum atomic E-state index is 12.2. The number of hydrogen-bond donors (Lipinski definition) is 3. The second-order valence-electron chi connectivity index (χ2n) is 6.39. The molecule has 0 saturated carbocycles. The maximum Gasteiger partial charge on any atom is 0.407 e. The van der Waals surface area contributed by atoms with Gasteiger partial charge in [-0.15, -0.1) is 10.2 Å². The number of fused-ring (bicyclic) bond motifs is 3. The fourth-order valence-electron chi connectivity index (χ4n) is 3.43. The number of hydrogen-bond acceptors (Lipinski definition) is 6. The van der Waals surface area contributed by atoms with Crippen molar-refractivity contribution < 1.29 is 19.4 Å². The molecule has 2 aromatic carbocycles. The molecule has 28 heavy (non-hydrogen) atoms. The van der Waals surface area contributed by atoms with E-state index in [1.54, 1.807) is 0 Å². The van der Waals surface area contributed by atoms with Gasteiger partial charge in [0.25, 0.3) is 0 Å². The zero-order valence-corrected chi connectivity index (χ0v) is 14.7. The predicted octanol–water partition coefficient (Wildman–Crippen LogP) is 1.73. The standard InChI is InChI=1S/C19H17N5O4/c25-18(26)16(9-17-21-23-24-22-17)20-19(27)28-10-15-13-7-3-1-5-11(13)12-6-2-4-8-14(12)15/h1-8,15-16H,9-10H2,(H,20,27)(H,25,26)(H,21,22,23,24)/t16-/m1/s1. The summed E-state index contributed by atoms with van der Waals surface area (Å²) in [6.07, 6.45) is -0.909. The summed E-state index contributed by atoms with van der Waals surface area (Å²) in [4.78, 5) is 23.6. The lowest BCUT2D eigenvalue weighted by Crippen LogP contribution is -2.43. The van der Waals surface area contributed by atoms with Crippen molar-refractivity contribution in [3.8, 4) is 11.1 Å². The number of carboxylic acids is 1. The van der Waals surface area contributed by atoms with Crippen LogP contribution < -0.4 is 5.32 Å². The molecule has 0 fully saturated rings. The first-order valence-corrected chi connectivity index (χ1v) is 8.70. The Bertz CT molecular complexity index is 960. The van der Waals surface area contributed by atoms with Crippen LogP contribution in [0.3, 0.4) is 0 Å².